The first-order valence-corrected chi connectivity index (χ1v) is 8.63. The Balaban J connectivity index is 2.33. The van der Waals surface area contributed by atoms with Crippen molar-refractivity contribution in [3.05, 3.63) is 47.3 Å². The zero-order chi connectivity index (χ0) is 14.8. The summed E-state index contributed by atoms with van der Waals surface area (Å²) in [5, 5.41) is 1.65. The van der Waals surface area contributed by atoms with E-state index in [1.54, 1.807) is 5.38 Å². The second-order valence-electron chi connectivity index (χ2n) is 4.83. The predicted octanol–water partition coefficient (Wildman–Crippen LogP) is 2.93. The highest BCUT2D eigenvalue weighted by Crippen LogP contribution is 2.27. The standard InChI is InChI=1S/C14H18N2O2S2/c1-11(2)16(9-12-6-4-3-5-7-12)20(17,18)14-8-13(15)10-19-14/h3-8,10-11H,9,15H2,1-2H3. The number of hydrogen-bond donors (Lipinski definition) is 1. The topological polar surface area (TPSA) is 63.4 Å². The van der Waals surface area contributed by atoms with Crippen molar-refractivity contribution in [3.8, 4) is 0 Å². The number of nitrogens with two attached hydrogens (primary N) is 1. The van der Waals surface area contributed by atoms with Gasteiger partial charge in [0.2, 0.25) is 0 Å². The summed E-state index contributed by atoms with van der Waals surface area (Å²) in [7, 11) is -3.51. The van der Waals surface area contributed by atoms with Crippen LogP contribution < -0.4 is 5.73 Å². The van der Waals surface area contributed by atoms with E-state index in [-0.39, 0.29) is 6.04 Å². The maximum Gasteiger partial charge on any atom is 0.253 e. The minimum absolute atomic E-state index is 0.122. The Kier molecular flexibility index (Phi) is 4.47. The monoisotopic (exact) mass is 310 g/mol. The summed E-state index contributed by atoms with van der Waals surface area (Å²) in [6, 6.07) is 11.0. The highest BCUT2D eigenvalue weighted by atomic mass is 32.2. The first kappa shape index (κ1) is 15.0. The van der Waals surface area contributed by atoms with Gasteiger partial charge in [-0.05, 0) is 25.5 Å². The molecule has 0 radical (unpaired) electrons. The number of anilines is 1. The average molecular weight is 310 g/mol. The molecule has 108 valence electrons. The van der Waals surface area contributed by atoms with Gasteiger partial charge in [0, 0.05) is 23.7 Å². The Morgan fingerprint density at radius 3 is 2.40 bits per heavy atom. The largest absolute Gasteiger partial charge is 0.398 e. The van der Waals surface area contributed by atoms with Gasteiger partial charge in [0.05, 0.1) is 0 Å². The fourth-order valence-electron chi connectivity index (χ4n) is 1.89. The highest BCUT2D eigenvalue weighted by molar-refractivity contribution is 7.91. The number of hydrogen-bond acceptors (Lipinski definition) is 4. The number of nitrogens with zero attached hydrogens (tertiary/aromatic N) is 1. The van der Waals surface area contributed by atoms with Crippen molar-refractivity contribution in [2.45, 2.75) is 30.6 Å². The van der Waals surface area contributed by atoms with Gasteiger partial charge in [0.1, 0.15) is 4.21 Å². The summed E-state index contributed by atoms with van der Waals surface area (Å²) in [4.78, 5) is 0. The lowest BCUT2D eigenvalue weighted by Crippen LogP contribution is -2.36. The lowest BCUT2D eigenvalue weighted by atomic mass is 10.2. The Morgan fingerprint density at radius 2 is 1.90 bits per heavy atom. The van der Waals surface area contributed by atoms with Gasteiger partial charge in [-0.2, -0.15) is 4.31 Å². The third kappa shape index (κ3) is 3.20. The third-order valence-electron chi connectivity index (χ3n) is 2.92. The zero-order valence-electron chi connectivity index (χ0n) is 11.5. The lowest BCUT2D eigenvalue weighted by Gasteiger charge is -2.25. The molecule has 0 aliphatic heterocycles. The first-order chi connectivity index (χ1) is 9.41. The molecule has 1 heterocycles. The number of benzene rings is 1. The van der Waals surface area contributed by atoms with Crippen LogP contribution in [0, 0.1) is 0 Å². The summed E-state index contributed by atoms with van der Waals surface area (Å²) < 4.78 is 27.1. The SMILES string of the molecule is CC(C)N(Cc1ccccc1)S(=O)(=O)c1cc(N)cs1. The van der Waals surface area contributed by atoms with Crippen LogP contribution in [-0.4, -0.2) is 18.8 Å². The van der Waals surface area contributed by atoms with E-state index in [1.165, 1.54) is 10.4 Å². The van der Waals surface area contributed by atoms with Crippen LogP contribution in [0.4, 0.5) is 5.69 Å². The number of sulfonamides is 1. The zero-order valence-corrected chi connectivity index (χ0v) is 13.1. The quantitative estimate of drug-likeness (QED) is 0.923. The fraction of sp³-hybridized carbons (Fsp3) is 0.286. The minimum atomic E-state index is -3.51. The molecule has 1 aromatic heterocycles. The van der Waals surface area contributed by atoms with Crippen LogP contribution >= 0.6 is 11.3 Å². The maximum atomic E-state index is 12.7. The molecule has 6 heteroatoms. The van der Waals surface area contributed by atoms with E-state index < -0.39 is 10.0 Å². The molecule has 20 heavy (non-hydrogen) atoms. The molecule has 4 nitrogen and oxygen atoms in total. The summed E-state index contributed by atoms with van der Waals surface area (Å²) >= 11 is 1.16. The second-order valence-corrected chi connectivity index (χ2v) is 7.86. The molecule has 2 rings (SSSR count). The third-order valence-corrected chi connectivity index (χ3v) is 6.37. The van der Waals surface area contributed by atoms with Crippen LogP contribution in [0.5, 0.6) is 0 Å². The summed E-state index contributed by atoms with van der Waals surface area (Å²) in [5.41, 5.74) is 7.08. The van der Waals surface area contributed by atoms with Crippen LogP contribution in [0.25, 0.3) is 0 Å². The molecule has 0 unspecified atom stereocenters. The molecule has 0 aliphatic rings. The van der Waals surface area contributed by atoms with Crippen LogP contribution in [-0.2, 0) is 16.6 Å². The Morgan fingerprint density at radius 1 is 1.25 bits per heavy atom. The van der Waals surface area contributed by atoms with Gasteiger partial charge in [0.15, 0.2) is 0 Å². The van der Waals surface area contributed by atoms with E-state index in [1.807, 2.05) is 44.2 Å². The van der Waals surface area contributed by atoms with Crippen LogP contribution in [0.15, 0.2) is 46.0 Å². The van der Waals surface area contributed by atoms with Crippen molar-refractivity contribution >= 4 is 27.0 Å². The number of rotatable bonds is 5. The van der Waals surface area contributed by atoms with Gasteiger partial charge >= 0.3 is 0 Å². The number of thiophene rings is 1. The molecule has 0 aliphatic carbocycles. The smallest absolute Gasteiger partial charge is 0.253 e. The van der Waals surface area contributed by atoms with E-state index in [9.17, 15) is 8.42 Å². The molecular formula is C14H18N2O2S2. The number of nitrogen functional groups attached to an aromatic ring is 1. The fourth-order valence-corrected chi connectivity index (χ4v) is 4.72. The average Bonchev–Trinajstić information content (AvgIpc) is 2.84. The van der Waals surface area contributed by atoms with Gasteiger partial charge in [-0.1, -0.05) is 30.3 Å². The molecule has 0 atom stereocenters. The van der Waals surface area contributed by atoms with Gasteiger partial charge < -0.3 is 5.73 Å². The molecule has 0 bridgehead atoms. The predicted molar refractivity (Wildman–Crippen MR) is 83.0 cm³/mol. The Hall–Kier alpha value is -1.37. The summed E-state index contributed by atoms with van der Waals surface area (Å²) in [6.07, 6.45) is 0. The minimum Gasteiger partial charge on any atom is -0.398 e. The van der Waals surface area contributed by atoms with E-state index in [0.717, 1.165) is 16.9 Å². The Bertz CT molecular complexity index is 663. The van der Waals surface area contributed by atoms with Crippen LogP contribution in [0.3, 0.4) is 0 Å². The second kappa shape index (κ2) is 5.95. The molecule has 0 spiro atoms. The van der Waals surface area contributed by atoms with Crippen molar-refractivity contribution < 1.29 is 8.42 Å². The van der Waals surface area contributed by atoms with Crippen molar-refractivity contribution in [2.75, 3.05) is 5.73 Å². The highest BCUT2D eigenvalue weighted by Gasteiger charge is 2.28. The van der Waals surface area contributed by atoms with Gasteiger partial charge in [-0.15, -0.1) is 11.3 Å². The lowest BCUT2D eigenvalue weighted by molar-refractivity contribution is 0.349. The van der Waals surface area contributed by atoms with E-state index in [0.29, 0.717) is 16.4 Å². The van der Waals surface area contributed by atoms with Gasteiger partial charge in [-0.25, -0.2) is 8.42 Å². The molecular weight excluding hydrogens is 292 g/mol. The van der Waals surface area contributed by atoms with E-state index >= 15 is 0 Å². The molecule has 0 saturated heterocycles. The molecule has 0 saturated carbocycles. The Labute approximate surface area is 123 Å². The van der Waals surface area contributed by atoms with Gasteiger partial charge in [0.25, 0.3) is 10.0 Å². The molecule has 2 aromatic rings. The molecule has 0 amide bonds. The first-order valence-electron chi connectivity index (χ1n) is 6.31. The maximum absolute atomic E-state index is 12.7. The van der Waals surface area contributed by atoms with E-state index in [4.69, 9.17) is 5.73 Å². The van der Waals surface area contributed by atoms with Crippen molar-refractivity contribution in [1.82, 2.24) is 4.31 Å². The van der Waals surface area contributed by atoms with Crippen LogP contribution in [0.1, 0.15) is 19.4 Å². The van der Waals surface area contributed by atoms with Crippen molar-refractivity contribution in [2.24, 2.45) is 0 Å². The molecule has 0 fully saturated rings. The summed E-state index contributed by atoms with van der Waals surface area (Å²) in [6.45, 7) is 4.10. The van der Waals surface area contributed by atoms with Crippen molar-refractivity contribution in [1.29, 1.82) is 0 Å². The van der Waals surface area contributed by atoms with Gasteiger partial charge in [-0.3, -0.25) is 0 Å². The summed E-state index contributed by atoms with van der Waals surface area (Å²) in [5.74, 6) is 0. The van der Waals surface area contributed by atoms with Crippen molar-refractivity contribution in [3.63, 3.8) is 0 Å². The van der Waals surface area contributed by atoms with Crippen LogP contribution in [0.2, 0.25) is 0 Å². The normalized spacial score (nSPS) is 12.2. The van der Waals surface area contributed by atoms with E-state index in [2.05, 4.69) is 0 Å². The molecule has 2 N–H and O–H groups in total. The molecule has 1 aromatic carbocycles.